The lowest BCUT2D eigenvalue weighted by atomic mass is 10.1. The molecule has 1 aromatic carbocycles. The van der Waals surface area contributed by atoms with E-state index in [0.717, 1.165) is 12.8 Å². The number of carbonyl (C=O) groups excluding carboxylic acids is 1. The van der Waals surface area contributed by atoms with Gasteiger partial charge < -0.3 is 15.2 Å². The van der Waals surface area contributed by atoms with Gasteiger partial charge in [-0.25, -0.2) is 4.79 Å². The molecule has 1 saturated carbocycles. The molecule has 5 heteroatoms. The molecular weight excluding hydrogens is 244 g/mol. The zero-order chi connectivity index (χ0) is 13.9. The molecule has 0 spiro atoms. The summed E-state index contributed by atoms with van der Waals surface area (Å²) < 4.78 is 10.4. The summed E-state index contributed by atoms with van der Waals surface area (Å²) in [6, 6.07) is 6.96. The van der Waals surface area contributed by atoms with Crippen LogP contribution in [0.5, 0.6) is 5.75 Å². The van der Waals surface area contributed by atoms with Gasteiger partial charge in [0, 0.05) is 17.5 Å². The quantitative estimate of drug-likeness (QED) is 0.647. The minimum absolute atomic E-state index is 0.127. The molecule has 0 atom stereocenters. The van der Waals surface area contributed by atoms with Gasteiger partial charge in [-0.15, -0.1) is 0 Å². The highest BCUT2D eigenvalue weighted by Gasteiger charge is 2.43. The maximum atomic E-state index is 12.0. The number of rotatable bonds is 5. The van der Waals surface area contributed by atoms with Crippen LogP contribution in [-0.2, 0) is 4.74 Å². The number of nitrogen functional groups attached to an aromatic ring is 1. The molecule has 100 valence electrons. The molecule has 2 N–H and O–H groups in total. The smallest absolute Gasteiger partial charge is 0.342 e. The highest BCUT2D eigenvalue weighted by atomic mass is 16.5. The molecular formula is C14H16N2O3. The van der Waals surface area contributed by atoms with Crippen LogP contribution in [0.25, 0.3) is 0 Å². The summed E-state index contributed by atoms with van der Waals surface area (Å²) in [5, 5.41) is 8.72. The molecule has 1 aliphatic rings. The van der Waals surface area contributed by atoms with E-state index in [1.165, 1.54) is 13.2 Å². The van der Waals surface area contributed by atoms with Crippen molar-refractivity contribution in [1.82, 2.24) is 0 Å². The third-order valence-electron chi connectivity index (χ3n) is 3.36. The number of hydrogen-bond donors (Lipinski definition) is 1. The van der Waals surface area contributed by atoms with Gasteiger partial charge >= 0.3 is 5.97 Å². The molecule has 0 amide bonds. The first-order chi connectivity index (χ1) is 9.10. The van der Waals surface area contributed by atoms with Crippen LogP contribution in [-0.4, -0.2) is 19.7 Å². The average Bonchev–Trinajstić information content (AvgIpc) is 3.17. The summed E-state index contributed by atoms with van der Waals surface area (Å²) in [7, 11) is 1.49. The monoisotopic (exact) mass is 260 g/mol. The lowest BCUT2D eigenvalue weighted by Gasteiger charge is -2.13. The van der Waals surface area contributed by atoms with E-state index in [9.17, 15) is 4.79 Å². The average molecular weight is 260 g/mol. The van der Waals surface area contributed by atoms with Crippen LogP contribution in [0.1, 0.15) is 29.6 Å². The van der Waals surface area contributed by atoms with Crippen molar-refractivity contribution in [2.75, 3.05) is 19.5 Å². The molecule has 0 radical (unpaired) electrons. The molecule has 0 aromatic heterocycles. The van der Waals surface area contributed by atoms with Crippen molar-refractivity contribution in [2.24, 2.45) is 5.41 Å². The lowest BCUT2D eigenvalue weighted by Crippen LogP contribution is -2.15. The van der Waals surface area contributed by atoms with Crippen molar-refractivity contribution in [3.8, 4) is 11.8 Å². The molecule has 0 aliphatic heterocycles. The van der Waals surface area contributed by atoms with Gasteiger partial charge in [-0.3, -0.25) is 0 Å². The first-order valence-corrected chi connectivity index (χ1v) is 6.08. The Bertz CT molecular complexity index is 530. The van der Waals surface area contributed by atoms with E-state index in [0.29, 0.717) is 23.4 Å². The summed E-state index contributed by atoms with van der Waals surface area (Å²) in [5.41, 5.74) is 6.32. The third kappa shape index (κ3) is 2.97. The Morgan fingerprint density at radius 1 is 1.53 bits per heavy atom. The predicted octanol–water partition coefficient (Wildman–Crippen LogP) is 2.13. The Balaban J connectivity index is 2.04. The zero-order valence-electron chi connectivity index (χ0n) is 10.8. The molecule has 0 bridgehead atoms. The van der Waals surface area contributed by atoms with Crippen molar-refractivity contribution in [1.29, 1.82) is 5.26 Å². The van der Waals surface area contributed by atoms with Crippen LogP contribution >= 0.6 is 0 Å². The van der Waals surface area contributed by atoms with Crippen molar-refractivity contribution in [2.45, 2.75) is 19.3 Å². The molecule has 0 unspecified atom stereocenters. The van der Waals surface area contributed by atoms with Gasteiger partial charge in [0.15, 0.2) is 0 Å². The molecule has 5 nitrogen and oxygen atoms in total. The van der Waals surface area contributed by atoms with Crippen molar-refractivity contribution in [3.05, 3.63) is 23.8 Å². The molecule has 19 heavy (non-hydrogen) atoms. The van der Waals surface area contributed by atoms with Gasteiger partial charge in [0.1, 0.15) is 11.3 Å². The van der Waals surface area contributed by atoms with Gasteiger partial charge in [0.25, 0.3) is 0 Å². The highest BCUT2D eigenvalue weighted by Crippen LogP contribution is 2.48. The standard InChI is InChI=1S/C14H16N2O3/c1-18-12-3-2-10(16)8-11(12)13(17)19-9-14(4-5-14)6-7-15/h2-3,8H,4-6,9,16H2,1H3. The molecule has 0 heterocycles. The van der Waals surface area contributed by atoms with Crippen LogP contribution < -0.4 is 10.5 Å². The first kappa shape index (κ1) is 13.2. The number of nitriles is 1. The van der Waals surface area contributed by atoms with Gasteiger partial charge in [-0.1, -0.05) is 0 Å². The Labute approximate surface area is 111 Å². The topological polar surface area (TPSA) is 85.3 Å². The van der Waals surface area contributed by atoms with Gasteiger partial charge in [0.2, 0.25) is 0 Å². The number of esters is 1. The maximum absolute atomic E-state index is 12.0. The fraction of sp³-hybridized carbons (Fsp3) is 0.429. The normalized spacial score (nSPS) is 15.4. The predicted molar refractivity (Wildman–Crippen MR) is 69.6 cm³/mol. The second-order valence-corrected chi connectivity index (χ2v) is 4.87. The molecule has 1 aliphatic carbocycles. The van der Waals surface area contributed by atoms with E-state index in [-0.39, 0.29) is 12.0 Å². The zero-order valence-corrected chi connectivity index (χ0v) is 10.8. The van der Waals surface area contributed by atoms with E-state index in [2.05, 4.69) is 6.07 Å². The third-order valence-corrected chi connectivity index (χ3v) is 3.36. The minimum atomic E-state index is -0.464. The fourth-order valence-electron chi connectivity index (χ4n) is 1.90. The van der Waals surface area contributed by atoms with Gasteiger partial charge in [-0.2, -0.15) is 5.26 Å². The van der Waals surface area contributed by atoms with Crippen LogP contribution in [0.3, 0.4) is 0 Å². The van der Waals surface area contributed by atoms with Crippen LogP contribution in [0.4, 0.5) is 5.69 Å². The van der Waals surface area contributed by atoms with E-state index >= 15 is 0 Å². The summed E-state index contributed by atoms with van der Waals surface area (Å²) in [6.45, 7) is 0.275. The maximum Gasteiger partial charge on any atom is 0.342 e. The summed E-state index contributed by atoms with van der Waals surface area (Å²) >= 11 is 0. The summed E-state index contributed by atoms with van der Waals surface area (Å²) in [5.74, 6) is -0.0299. The summed E-state index contributed by atoms with van der Waals surface area (Å²) in [4.78, 5) is 12.0. The Morgan fingerprint density at radius 3 is 2.84 bits per heavy atom. The second kappa shape index (κ2) is 5.19. The molecule has 1 aromatic rings. The fourth-order valence-corrected chi connectivity index (χ4v) is 1.90. The molecule has 0 saturated heterocycles. The van der Waals surface area contributed by atoms with E-state index in [4.69, 9.17) is 20.5 Å². The Hall–Kier alpha value is -2.22. The number of methoxy groups -OCH3 is 1. The van der Waals surface area contributed by atoms with Crippen LogP contribution in [0, 0.1) is 16.7 Å². The van der Waals surface area contributed by atoms with Crippen molar-refractivity contribution >= 4 is 11.7 Å². The minimum Gasteiger partial charge on any atom is -0.496 e. The number of hydrogen-bond acceptors (Lipinski definition) is 5. The highest BCUT2D eigenvalue weighted by molar-refractivity contribution is 5.93. The number of anilines is 1. The Kier molecular flexibility index (Phi) is 3.61. The molecule has 1 fully saturated rings. The number of nitrogens with zero attached hydrogens (tertiary/aromatic N) is 1. The number of ether oxygens (including phenoxy) is 2. The second-order valence-electron chi connectivity index (χ2n) is 4.87. The first-order valence-electron chi connectivity index (χ1n) is 6.08. The number of carbonyl (C=O) groups is 1. The number of nitrogens with two attached hydrogens (primary N) is 1. The van der Waals surface area contributed by atoms with E-state index in [1.54, 1.807) is 12.1 Å². The van der Waals surface area contributed by atoms with Crippen LogP contribution in [0.15, 0.2) is 18.2 Å². The van der Waals surface area contributed by atoms with Gasteiger partial charge in [0.05, 0.1) is 19.8 Å². The molecule has 2 rings (SSSR count). The van der Waals surface area contributed by atoms with Crippen molar-refractivity contribution < 1.29 is 14.3 Å². The largest absolute Gasteiger partial charge is 0.496 e. The van der Waals surface area contributed by atoms with E-state index in [1.807, 2.05) is 0 Å². The SMILES string of the molecule is COc1ccc(N)cc1C(=O)OCC1(CC#N)CC1. The number of benzene rings is 1. The van der Waals surface area contributed by atoms with Gasteiger partial charge in [-0.05, 0) is 31.0 Å². The van der Waals surface area contributed by atoms with Crippen LogP contribution in [0.2, 0.25) is 0 Å². The van der Waals surface area contributed by atoms with E-state index < -0.39 is 5.97 Å². The lowest BCUT2D eigenvalue weighted by molar-refractivity contribution is 0.0416. The summed E-state index contributed by atoms with van der Waals surface area (Å²) in [6.07, 6.45) is 2.29. The van der Waals surface area contributed by atoms with Crippen molar-refractivity contribution in [3.63, 3.8) is 0 Å². The Morgan fingerprint density at radius 2 is 2.26 bits per heavy atom.